The highest BCUT2D eigenvalue weighted by molar-refractivity contribution is 5.31. The number of fused-ring (bicyclic) bond motifs is 5. The molecule has 0 amide bonds. The Hall–Kier alpha value is -0.800. The Labute approximate surface area is 138 Å². The van der Waals surface area contributed by atoms with Crippen molar-refractivity contribution in [2.24, 2.45) is 22.7 Å². The zero-order valence-corrected chi connectivity index (χ0v) is 14.1. The Morgan fingerprint density at radius 2 is 2.13 bits per heavy atom. The van der Waals surface area contributed by atoms with Crippen molar-refractivity contribution in [1.29, 1.82) is 0 Å². The number of furan rings is 1. The summed E-state index contributed by atoms with van der Waals surface area (Å²) in [6, 6.07) is 2.21. The fourth-order valence-corrected chi connectivity index (χ4v) is 7.51. The summed E-state index contributed by atoms with van der Waals surface area (Å²) in [6.45, 7) is 2.45. The van der Waals surface area contributed by atoms with Gasteiger partial charge in [0.25, 0.3) is 0 Å². The summed E-state index contributed by atoms with van der Waals surface area (Å²) in [7, 11) is 0. The maximum atomic E-state index is 10.9. The number of aliphatic hydroxyl groups excluding tert-OH is 1. The number of aliphatic hydroxyl groups is 2. The predicted octanol–water partition coefficient (Wildman–Crippen LogP) is 3.64. The fraction of sp³-hybridized carbons (Fsp3) is 0.800. The van der Waals surface area contributed by atoms with E-state index in [9.17, 15) is 10.2 Å². The van der Waals surface area contributed by atoms with Gasteiger partial charge >= 0.3 is 0 Å². The summed E-state index contributed by atoms with van der Waals surface area (Å²) in [4.78, 5) is 0. The molecule has 23 heavy (non-hydrogen) atoms. The van der Waals surface area contributed by atoms with Crippen LogP contribution in [0.1, 0.15) is 69.1 Å². The van der Waals surface area contributed by atoms with Gasteiger partial charge in [-0.25, -0.2) is 0 Å². The molecule has 3 fully saturated rings. The van der Waals surface area contributed by atoms with Crippen molar-refractivity contribution in [3.8, 4) is 0 Å². The summed E-state index contributed by atoms with van der Waals surface area (Å²) < 4.78 is 5.72. The molecule has 4 aliphatic rings. The van der Waals surface area contributed by atoms with Crippen molar-refractivity contribution < 1.29 is 14.6 Å². The average Bonchev–Trinajstić information content (AvgIpc) is 3.09. The third-order valence-electron chi connectivity index (χ3n) is 8.46. The number of hydrogen-bond donors (Lipinski definition) is 2. The Morgan fingerprint density at radius 3 is 2.96 bits per heavy atom. The highest BCUT2D eigenvalue weighted by Crippen LogP contribution is 2.71. The van der Waals surface area contributed by atoms with E-state index in [-0.39, 0.29) is 12.0 Å². The molecule has 2 bridgehead atoms. The van der Waals surface area contributed by atoms with Crippen molar-refractivity contribution in [3.05, 3.63) is 23.7 Å². The fourth-order valence-electron chi connectivity index (χ4n) is 7.51. The Morgan fingerprint density at radius 1 is 1.26 bits per heavy atom. The second-order valence-corrected chi connectivity index (χ2v) is 9.23. The predicted molar refractivity (Wildman–Crippen MR) is 87.0 cm³/mol. The lowest BCUT2D eigenvalue weighted by atomic mass is 9.45. The van der Waals surface area contributed by atoms with Gasteiger partial charge in [-0.15, -0.1) is 0 Å². The summed E-state index contributed by atoms with van der Waals surface area (Å²) in [5.74, 6) is 2.85. The molecular formula is C20H28O3. The smallest absolute Gasteiger partial charge is 0.107 e. The van der Waals surface area contributed by atoms with Crippen LogP contribution in [0, 0.1) is 22.7 Å². The van der Waals surface area contributed by atoms with Gasteiger partial charge < -0.3 is 14.6 Å². The van der Waals surface area contributed by atoms with Gasteiger partial charge in [-0.3, -0.25) is 0 Å². The second-order valence-electron chi connectivity index (χ2n) is 9.23. The molecule has 1 spiro atoms. The van der Waals surface area contributed by atoms with Gasteiger partial charge in [-0.1, -0.05) is 6.92 Å². The molecule has 6 atom stereocenters. The topological polar surface area (TPSA) is 53.6 Å². The van der Waals surface area contributed by atoms with Gasteiger partial charge in [0.05, 0.1) is 18.5 Å². The van der Waals surface area contributed by atoms with E-state index in [2.05, 4.69) is 13.0 Å². The third kappa shape index (κ3) is 1.68. The van der Waals surface area contributed by atoms with Crippen LogP contribution in [0.25, 0.3) is 0 Å². The van der Waals surface area contributed by atoms with Crippen LogP contribution in [0.4, 0.5) is 0 Å². The van der Waals surface area contributed by atoms with Crippen LogP contribution >= 0.6 is 0 Å². The first-order valence-corrected chi connectivity index (χ1v) is 9.40. The standard InChI is InChI=1S/C20H28O3/c1-18-7-5-16-14(6-9-23-16)15(18)4-8-19-10-13(2-3-17(18)19)20(22,11-19)12-21/h6,9,13,15,17,21-22H,2-5,7-8,10-12H2,1H3/t13-,15+,17-,18+,19+,20+/m1/s1. The molecule has 0 aliphatic heterocycles. The maximum absolute atomic E-state index is 10.9. The minimum atomic E-state index is -0.812. The minimum Gasteiger partial charge on any atom is -0.469 e. The first kappa shape index (κ1) is 14.5. The molecular weight excluding hydrogens is 288 g/mol. The van der Waals surface area contributed by atoms with Gasteiger partial charge in [0, 0.05) is 6.42 Å². The Balaban J connectivity index is 1.56. The molecule has 3 heteroatoms. The van der Waals surface area contributed by atoms with Crippen molar-refractivity contribution in [3.63, 3.8) is 0 Å². The lowest BCUT2D eigenvalue weighted by Gasteiger charge is -2.59. The van der Waals surface area contributed by atoms with E-state index >= 15 is 0 Å². The largest absolute Gasteiger partial charge is 0.469 e. The first-order valence-electron chi connectivity index (χ1n) is 9.40. The van der Waals surface area contributed by atoms with Crippen molar-refractivity contribution in [2.75, 3.05) is 6.61 Å². The van der Waals surface area contributed by atoms with Crippen LogP contribution in [0.3, 0.4) is 0 Å². The van der Waals surface area contributed by atoms with Gasteiger partial charge in [0.2, 0.25) is 0 Å². The van der Waals surface area contributed by atoms with Crippen LogP contribution < -0.4 is 0 Å². The van der Waals surface area contributed by atoms with E-state index in [0.717, 1.165) is 25.7 Å². The van der Waals surface area contributed by atoms with E-state index < -0.39 is 5.60 Å². The van der Waals surface area contributed by atoms with Crippen LogP contribution in [0.5, 0.6) is 0 Å². The molecule has 3 nitrogen and oxygen atoms in total. The number of aryl methyl sites for hydroxylation is 1. The highest BCUT2D eigenvalue weighted by Gasteiger charge is 2.65. The van der Waals surface area contributed by atoms with Gasteiger partial charge in [-0.05, 0) is 85.2 Å². The van der Waals surface area contributed by atoms with Crippen LogP contribution in [-0.4, -0.2) is 22.4 Å². The molecule has 0 radical (unpaired) electrons. The Kier molecular flexibility index (Phi) is 2.80. The van der Waals surface area contributed by atoms with E-state index in [4.69, 9.17) is 4.42 Å². The molecule has 0 unspecified atom stereocenters. The molecule has 1 aromatic rings. The normalized spacial score (nSPS) is 51.0. The third-order valence-corrected chi connectivity index (χ3v) is 8.46. The summed E-state index contributed by atoms with van der Waals surface area (Å²) in [5, 5.41) is 20.7. The molecule has 3 saturated carbocycles. The molecule has 1 heterocycles. The number of hydrogen-bond acceptors (Lipinski definition) is 3. The first-order chi connectivity index (χ1) is 11.0. The minimum absolute atomic E-state index is 0.0574. The van der Waals surface area contributed by atoms with Crippen LogP contribution in [0.15, 0.2) is 16.7 Å². The van der Waals surface area contributed by atoms with E-state index in [0.29, 0.717) is 23.2 Å². The lowest BCUT2D eigenvalue weighted by molar-refractivity contribution is -0.0727. The maximum Gasteiger partial charge on any atom is 0.107 e. The summed E-state index contributed by atoms with van der Waals surface area (Å²) >= 11 is 0. The molecule has 4 aliphatic carbocycles. The monoisotopic (exact) mass is 316 g/mol. The van der Waals surface area contributed by atoms with Crippen molar-refractivity contribution in [2.45, 2.75) is 69.8 Å². The van der Waals surface area contributed by atoms with Gasteiger partial charge in [-0.2, -0.15) is 0 Å². The van der Waals surface area contributed by atoms with Crippen LogP contribution in [-0.2, 0) is 6.42 Å². The summed E-state index contributed by atoms with van der Waals surface area (Å²) in [6.07, 6.45) is 10.9. The Bertz CT molecular complexity index is 637. The van der Waals surface area contributed by atoms with Crippen molar-refractivity contribution >= 4 is 0 Å². The quantitative estimate of drug-likeness (QED) is 0.831. The second kappa shape index (κ2) is 4.43. The van der Waals surface area contributed by atoms with Gasteiger partial charge in [0.1, 0.15) is 5.76 Å². The molecule has 2 N–H and O–H groups in total. The van der Waals surface area contributed by atoms with E-state index in [1.54, 1.807) is 0 Å². The molecule has 0 aromatic carbocycles. The SMILES string of the molecule is C[C@]12CCc3occc3[C@@H]1CC[C@@]13C[C@@H](CC[C@@H]12)[C@@](O)(CO)C3. The zero-order chi connectivity index (χ0) is 15.9. The van der Waals surface area contributed by atoms with E-state index in [1.165, 1.54) is 37.0 Å². The number of rotatable bonds is 1. The molecule has 0 saturated heterocycles. The lowest BCUT2D eigenvalue weighted by Crippen LogP contribution is -2.51. The summed E-state index contributed by atoms with van der Waals surface area (Å²) in [5.41, 5.74) is 1.26. The van der Waals surface area contributed by atoms with E-state index in [1.807, 2.05) is 6.26 Å². The van der Waals surface area contributed by atoms with Crippen LogP contribution in [0.2, 0.25) is 0 Å². The van der Waals surface area contributed by atoms with Crippen molar-refractivity contribution in [1.82, 2.24) is 0 Å². The zero-order valence-electron chi connectivity index (χ0n) is 14.1. The average molecular weight is 316 g/mol. The molecule has 126 valence electrons. The van der Waals surface area contributed by atoms with Gasteiger partial charge in [0.15, 0.2) is 0 Å². The highest BCUT2D eigenvalue weighted by atomic mass is 16.3. The molecule has 1 aromatic heterocycles. The molecule has 5 rings (SSSR count).